The number of H-pyrrole nitrogens is 1. The van der Waals surface area contributed by atoms with E-state index in [9.17, 15) is 4.79 Å². The molecular formula is C21H14N4OS. The molecule has 0 aliphatic carbocycles. The number of carbonyl (C=O) groups excluding carboxylic acids is 1. The molecule has 2 N–H and O–H groups in total. The van der Waals surface area contributed by atoms with E-state index in [0.29, 0.717) is 5.69 Å². The van der Waals surface area contributed by atoms with E-state index in [1.54, 1.807) is 11.6 Å². The van der Waals surface area contributed by atoms with Gasteiger partial charge in [0, 0.05) is 33.6 Å². The van der Waals surface area contributed by atoms with Crippen LogP contribution in [0.5, 0.6) is 0 Å². The lowest BCUT2D eigenvalue weighted by molar-refractivity contribution is 0.102. The number of rotatable bonds is 3. The normalized spacial score (nSPS) is 11.1. The van der Waals surface area contributed by atoms with Crippen molar-refractivity contribution in [3.63, 3.8) is 0 Å². The number of fused-ring (bicyclic) bond motifs is 2. The van der Waals surface area contributed by atoms with Crippen molar-refractivity contribution in [3.05, 3.63) is 77.9 Å². The third-order valence-corrected chi connectivity index (χ3v) is 5.23. The average molecular weight is 370 g/mol. The van der Waals surface area contributed by atoms with Crippen molar-refractivity contribution < 1.29 is 4.79 Å². The largest absolute Gasteiger partial charge is 0.353 e. The van der Waals surface area contributed by atoms with E-state index in [1.165, 1.54) is 11.3 Å². The zero-order valence-corrected chi connectivity index (χ0v) is 15.0. The van der Waals surface area contributed by atoms with Gasteiger partial charge in [-0.05, 0) is 36.4 Å². The van der Waals surface area contributed by atoms with E-state index in [2.05, 4.69) is 20.3 Å². The molecule has 3 heterocycles. The number of benzene rings is 2. The SMILES string of the molecule is O=C(Nc1ccc2ncccc2c1)c1csc(-c2cc3ccccc3[nH]2)n1. The fourth-order valence-corrected chi connectivity index (χ4v) is 3.81. The number of hydrogen-bond donors (Lipinski definition) is 2. The molecule has 0 atom stereocenters. The van der Waals surface area contributed by atoms with E-state index < -0.39 is 0 Å². The van der Waals surface area contributed by atoms with Gasteiger partial charge >= 0.3 is 0 Å². The van der Waals surface area contributed by atoms with Gasteiger partial charge in [0.15, 0.2) is 0 Å². The summed E-state index contributed by atoms with van der Waals surface area (Å²) in [6.07, 6.45) is 1.75. The predicted octanol–water partition coefficient (Wildman–Crippen LogP) is 5.09. The number of nitrogens with zero attached hydrogens (tertiary/aromatic N) is 2. The van der Waals surface area contributed by atoms with Crippen molar-refractivity contribution in [1.82, 2.24) is 15.0 Å². The first kappa shape index (κ1) is 15.7. The molecule has 0 spiro atoms. The summed E-state index contributed by atoms with van der Waals surface area (Å²) in [5.74, 6) is -0.225. The third kappa shape index (κ3) is 2.96. The number of aromatic nitrogens is 3. The van der Waals surface area contributed by atoms with E-state index in [-0.39, 0.29) is 5.91 Å². The number of hydrogen-bond acceptors (Lipinski definition) is 4. The van der Waals surface area contributed by atoms with Crippen molar-refractivity contribution in [2.24, 2.45) is 0 Å². The molecule has 3 aromatic heterocycles. The zero-order valence-electron chi connectivity index (χ0n) is 14.1. The maximum Gasteiger partial charge on any atom is 0.275 e. The highest BCUT2D eigenvalue weighted by atomic mass is 32.1. The smallest absolute Gasteiger partial charge is 0.275 e. The van der Waals surface area contributed by atoms with Crippen molar-refractivity contribution in [1.29, 1.82) is 0 Å². The van der Waals surface area contributed by atoms with Gasteiger partial charge in [0.2, 0.25) is 0 Å². The summed E-state index contributed by atoms with van der Waals surface area (Å²) in [6, 6.07) is 19.6. The molecule has 0 radical (unpaired) electrons. The first-order valence-electron chi connectivity index (χ1n) is 8.46. The molecule has 27 heavy (non-hydrogen) atoms. The summed E-state index contributed by atoms with van der Waals surface area (Å²) in [5, 5.41) is 7.58. The van der Waals surface area contributed by atoms with Crippen molar-refractivity contribution in [3.8, 4) is 10.7 Å². The van der Waals surface area contributed by atoms with Crippen molar-refractivity contribution in [2.75, 3.05) is 5.32 Å². The van der Waals surface area contributed by atoms with Crippen LogP contribution in [0.2, 0.25) is 0 Å². The lowest BCUT2D eigenvalue weighted by Gasteiger charge is -2.04. The number of amides is 1. The second-order valence-electron chi connectivity index (χ2n) is 6.17. The first-order valence-corrected chi connectivity index (χ1v) is 9.34. The number of pyridine rings is 1. The Morgan fingerprint density at radius 1 is 1.00 bits per heavy atom. The van der Waals surface area contributed by atoms with Gasteiger partial charge < -0.3 is 10.3 Å². The summed E-state index contributed by atoms with van der Waals surface area (Å²) in [4.78, 5) is 24.7. The summed E-state index contributed by atoms with van der Waals surface area (Å²) >= 11 is 1.45. The Kier molecular flexibility index (Phi) is 3.69. The molecule has 6 heteroatoms. The Hall–Kier alpha value is -3.51. The maximum absolute atomic E-state index is 12.6. The van der Waals surface area contributed by atoms with Gasteiger partial charge in [0.05, 0.1) is 11.2 Å². The van der Waals surface area contributed by atoms with Crippen LogP contribution in [0.1, 0.15) is 10.5 Å². The second kappa shape index (κ2) is 6.34. The summed E-state index contributed by atoms with van der Waals surface area (Å²) < 4.78 is 0. The predicted molar refractivity (Wildman–Crippen MR) is 109 cm³/mol. The highest BCUT2D eigenvalue weighted by Gasteiger charge is 2.14. The van der Waals surface area contributed by atoms with Crippen molar-refractivity contribution in [2.45, 2.75) is 0 Å². The minimum Gasteiger partial charge on any atom is -0.353 e. The van der Waals surface area contributed by atoms with Gasteiger partial charge in [-0.2, -0.15) is 0 Å². The molecule has 0 aliphatic rings. The average Bonchev–Trinajstić information content (AvgIpc) is 3.35. The molecule has 5 rings (SSSR count). The standard InChI is InChI=1S/C21H14N4OS/c26-20(23-15-7-8-16-13(10-15)5-3-9-22-16)19-12-27-21(25-19)18-11-14-4-1-2-6-17(14)24-18/h1-12,24H,(H,23,26). The summed E-state index contributed by atoms with van der Waals surface area (Å²) in [6.45, 7) is 0. The first-order chi connectivity index (χ1) is 13.3. The van der Waals surface area contributed by atoms with E-state index in [4.69, 9.17) is 0 Å². The van der Waals surface area contributed by atoms with Crippen LogP contribution in [0.15, 0.2) is 72.2 Å². The van der Waals surface area contributed by atoms with Gasteiger partial charge in [-0.25, -0.2) is 4.98 Å². The molecule has 0 bridgehead atoms. The number of anilines is 1. The van der Waals surface area contributed by atoms with Gasteiger partial charge in [0.1, 0.15) is 10.7 Å². The molecular weight excluding hydrogens is 356 g/mol. The molecule has 0 saturated heterocycles. The number of aromatic amines is 1. The highest BCUT2D eigenvalue weighted by molar-refractivity contribution is 7.13. The topological polar surface area (TPSA) is 70.7 Å². The monoisotopic (exact) mass is 370 g/mol. The molecule has 5 nitrogen and oxygen atoms in total. The van der Waals surface area contributed by atoms with Gasteiger partial charge in [-0.1, -0.05) is 24.3 Å². The molecule has 0 aliphatic heterocycles. The number of thiazole rings is 1. The summed E-state index contributed by atoms with van der Waals surface area (Å²) in [5.41, 5.74) is 3.99. The van der Waals surface area contributed by atoms with Crippen molar-refractivity contribution >= 4 is 44.7 Å². The van der Waals surface area contributed by atoms with Crippen LogP contribution < -0.4 is 5.32 Å². The van der Waals surface area contributed by atoms with E-state index in [1.807, 2.05) is 60.7 Å². The minimum atomic E-state index is -0.225. The van der Waals surface area contributed by atoms with E-state index >= 15 is 0 Å². The molecule has 5 aromatic rings. The number of para-hydroxylation sites is 1. The minimum absolute atomic E-state index is 0.225. The molecule has 0 saturated carbocycles. The second-order valence-corrected chi connectivity index (χ2v) is 7.03. The van der Waals surface area contributed by atoms with Gasteiger partial charge in [0.25, 0.3) is 5.91 Å². The third-order valence-electron chi connectivity index (χ3n) is 4.36. The quantitative estimate of drug-likeness (QED) is 0.465. The Morgan fingerprint density at radius 2 is 1.89 bits per heavy atom. The maximum atomic E-state index is 12.6. The van der Waals surface area contributed by atoms with Crippen LogP contribution in [-0.2, 0) is 0 Å². The van der Waals surface area contributed by atoms with Crippen LogP contribution in [0.4, 0.5) is 5.69 Å². The zero-order chi connectivity index (χ0) is 18.2. The summed E-state index contributed by atoms with van der Waals surface area (Å²) in [7, 11) is 0. The van der Waals surface area contributed by atoms with Crippen LogP contribution in [0.25, 0.3) is 32.5 Å². The van der Waals surface area contributed by atoms with Gasteiger partial charge in [-0.15, -0.1) is 11.3 Å². The van der Waals surface area contributed by atoms with Gasteiger partial charge in [-0.3, -0.25) is 9.78 Å². The number of carbonyl (C=O) groups is 1. The Balaban J connectivity index is 1.40. The molecule has 0 fully saturated rings. The molecule has 2 aromatic carbocycles. The Labute approximate surface area is 158 Å². The molecule has 1 amide bonds. The lowest BCUT2D eigenvalue weighted by atomic mass is 10.2. The Bertz CT molecular complexity index is 1250. The lowest BCUT2D eigenvalue weighted by Crippen LogP contribution is -2.12. The fourth-order valence-electron chi connectivity index (χ4n) is 3.04. The van der Waals surface area contributed by atoms with Crippen LogP contribution in [0, 0.1) is 0 Å². The van der Waals surface area contributed by atoms with Crippen LogP contribution >= 0.6 is 11.3 Å². The van der Waals surface area contributed by atoms with E-state index in [0.717, 1.165) is 38.2 Å². The molecule has 0 unspecified atom stereocenters. The fraction of sp³-hybridized carbons (Fsp3) is 0. The molecule has 130 valence electrons. The van der Waals surface area contributed by atoms with Crippen LogP contribution in [0.3, 0.4) is 0 Å². The Morgan fingerprint density at radius 3 is 2.81 bits per heavy atom. The number of nitrogens with one attached hydrogen (secondary N) is 2. The van der Waals surface area contributed by atoms with Crippen LogP contribution in [-0.4, -0.2) is 20.9 Å². The highest BCUT2D eigenvalue weighted by Crippen LogP contribution is 2.27.